The zero-order valence-corrected chi connectivity index (χ0v) is 14.7. The zero-order valence-electron chi connectivity index (χ0n) is 14.0. The molecular formula is C18H24ClN4O+. The molecule has 128 valence electrons. The highest BCUT2D eigenvalue weighted by atomic mass is 35.5. The van der Waals surface area contributed by atoms with Crippen LogP contribution in [0, 0.1) is 0 Å². The molecule has 5 nitrogen and oxygen atoms in total. The number of carbonyl (C=O) groups excluding carboxylic acids is 1. The number of aromatic nitrogens is 2. The number of nitrogens with zero attached hydrogens (tertiary/aromatic N) is 2. The molecule has 1 heterocycles. The van der Waals surface area contributed by atoms with Gasteiger partial charge in [-0.3, -0.25) is 4.79 Å². The summed E-state index contributed by atoms with van der Waals surface area (Å²) in [4.78, 5) is 13.5. The fourth-order valence-corrected chi connectivity index (χ4v) is 3.45. The van der Waals surface area contributed by atoms with Crippen LogP contribution >= 0.6 is 11.6 Å². The largest absolute Gasteiger partial charge is 0.326 e. The van der Waals surface area contributed by atoms with Crippen LogP contribution in [0.25, 0.3) is 0 Å². The lowest BCUT2D eigenvalue weighted by Crippen LogP contribution is -3.08. The van der Waals surface area contributed by atoms with E-state index in [1.807, 2.05) is 42.1 Å². The molecule has 1 saturated carbocycles. The van der Waals surface area contributed by atoms with Crippen molar-refractivity contribution in [3.05, 3.63) is 47.1 Å². The van der Waals surface area contributed by atoms with Crippen molar-refractivity contribution in [2.24, 2.45) is 0 Å². The van der Waals surface area contributed by atoms with Crippen LogP contribution in [0.4, 0.5) is 5.82 Å². The highest BCUT2D eigenvalue weighted by Crippen LogP contribution is 2.31. The number of likely N-dealkylation sites (N-methyl/N-ethyl adjacent to an activating group) is 1. The second kappa shape index (κ2) is 7.81. The highest BCUT2D eigenvalue weighted by Gasteiger charge is 2.21. The average Bonchev–Trinajstić information content (AvgIpc) is 3.20. The van der Waals surface area contributed by atoms with Crippen molar-refractivity contribution in [1.82, 2.24) is 9.78 Å². The molecule has 0 saturated heterocycles. The van der Waals surface area contributed by atoms with E-state index in [1.54, 1.807) is 6.20 Å². The molecule has 3 rings (SSSR count). The molecule has 6 heteroatoms. The Bertz CT molecular complexity index is 677. The Kier molecular flexibility index (Phi) is 5.53. The van der Waals surface area contributed by atoms with Crippen molar-refractivity contribution in [3.63, 3.8) is 0 Å². The summed E-state index contributed by atoms with van der Waals surface area (Å²) in [6, 6.07) is 10.1. The standard InChI is InChI=1S/C18H23ClN4O/c1-22(12-14-6-8-15(19)9-7-14)13-18(24)21-17-10-11-20-23(17)16-4-2-3-5-16/h6-11,16H,2-5,12-13H2,1H3,(H,21,24)/p+1. The number of nitrogens with one attached hydrogen (secondary N) is 2. The van der Waals surface area contributed by atoms with Crippen LogP contribution in [-0.2, 0) is 11.3 Å². The number of rotatable bonds is 6. The monoisotopic (exact) mass is 347 g/mol. The van der Waals surface area contributed by atoms with Crippen molar-refractivity contribution in [2.75, 3.05) is 18.9 Å². The normalized spacial score (nSPS) is 16.2. The van der Waals surface area contributed by atoms with E-state index in [9.17, 15) is 4.79 Å². The molecule has 1 atom stereocenters. The van der Waals surface area contributed by atoms with Crippen LogP contribution < -0.4 is 10.2 Å². The summed E-state index contributed by atoms with van der Waals surface area (Å²) in [6.45, 7) is 1.20. The lowest BCUT2D eigenvalue weighted by molar-refractivity contribution is -0.885. The maximum Gasteiger partial charge on any atom is 0.280 e. The van der Waals surface area contributed by atoms with E-state index in [4.69, 9.17) is 11.6 Å². The first kappa shape index (κ1) is 17.0. The van der Waals surface area contributed by atoms with Gasteiger partial charge in [-0.2, -0.15) is 5.10 Å². The van der Waals surface area contributed by atoms with Gasteiger partial charge >= 0.3 is 0 Å². The molecule has 1 aliphatic carbocycles. The minimum atomic E-state index is 0.0150. The predicted molar refractivity (Wildman–Crippen MR) is 95.3 cm³/mol. The molecule has 2 N–H and O–H groups in total. The van der Waals surface area contributed by atoms with E-state index >= 15 is 0 Å². The van der Waals surface area contributed by atoms with Crippen LogP contribution in [0.5, 0.6) is 0 Å². The summed E-state index contributed by atoms with van der Waals surface area (Å²) in [6.07, 6.45) is 6.54. The van der Waals surface area contributed by atoms with Gasteiger partial charge in [0.25, 0.3) is 5.91 Å². The third-order valence-electron chi connectivity index (χ3n) is 4.49. The number of carbonyl (C=O) groups is 1. The van der Waals surface area contributed by atoms with E-state index in [0.29, 0.717) is 12.6 Å². The summed E-state index contributed by atoms with van der Waals surface area (Å²) >= 11 is 5.90. The van der Waals surface area contributed by atoms with Crippen molar-refractivity contribution < 1.29 is 9.69 Å². The lowest BCUT2D eigenvalue weighted by atomic mass is 10.2. The van der Waals surface area contributed by atoms with E-state index in [0.717, 1.165) is 35.1 Å². The van der Waals surface area contributed by atoms with Gasteiger partial charge in [0, 0.05) is 16.7 Å². The molecule has 1 aliphatic rings. The molecule has 1 amide bonds. The fourth-order valence-electron chi connectivity index (χ4n) is 3.33. The first-order valence-electron chi connectivity index (χ1n) is 8.51. The molecule has 1 aromatic heterocycles. The van der Waals surface area contributed by atoms with Gasteiger partial charge in [0.1, 0.15) is 12.4 Å². The van der Waals surface area contributed by atoms with Crippen molar-refractivity contribution in [3.8, 4) is 0 Å². The predicted octanol–water partition coefficient (Wildman–Crippen LogP) is 2.30. The Morgan fingerprint density at radius 3 is 2.71 bits per heavy atom. The Morgan fingerprint density at radius 1 is 1.29 bits per heavy atom. The maximum atomic E-state index is 12.3. The summed E-state index contributed by atoms with van der Waals surface area (Å²) < 4.78 is 1.97. The summed E-state index contributed by atoms with van der Waals surface area (Å²) in [7, 11) is 2.02. The van der Waals surface area contributed by atoms with Gasteiger partial charge in [0.2, 0.25) is 0 Å². The van der Waals surface area contributed by atoms with E-state index in [2.05, 4.69) is 10.4 Å². The summed E-state index contributed by atoms with van der Waals surface area (Å²) in [5.74, 6) is 0.826. The highest BCUT2D eigenvalue weighted by molar-refractivity contribution is 6.30. The molecule has 0 aliphatic heterocycles. The minimum absolute atomic E-state index is 0.0150. The second-order valence-corrected chi connectivity index (χ2v) is 7.02. The SMILES string of the molecule is C[NH+](CC(=O)Nc1ccnn1C1CCCC1)Cc1ccc(Cl)cc1. The molecule has 1 unspecified atom stereocenters. The Hall–Kier alpha value is -1.85. The second-order valence-electron chi connectivity index (χ2n) is 6.58. The quantitative estimate of drug-likeness (QED) is 0.842. The molecule has 1 fully saturated rings. The topological polar surface area (TPSA) is 51.4 Å². The van der Waals surface area contributed by atoms with Gasteiger partial charge < -0.3 is 10.2 Å². The van der Waals surface area contributed by atoms with Crippen molar-refractivity contribution in [2.45, 2.75) is 38.3 Å². The van der Waals surface area contributed by atoms with Gasteiger partial charge in [0.05, 0.1) is 19.3 Å². The zero-order chi connectivity index (χ0) is 16.9. The number of hydrogen-bond donors (Lipinski definition) is 2. The van der Waals surface area contributed by atoms with Gasteiger partial charge in [-0.25, -0.2) is 4.68 Å². The maximum absolute atomic E-state index is 12.3. The fraction of sp³-hybridized carbons (Fsp3) is 0.444. The number of anilines is 1. The first-order valence-corrected chi connectivity index (χ1v) is 8.89. The lowest BCUT2D eigenvalue weighted by Gasteiger charge is -2.16. The van der Waals surface area contributed by atoms with Crippen LogP contribution in [0.2, 0.25) is 5.02 Å². The number of amides is 1. The minimum Gasteiger partial charge on any atom is -0.326 e. The molecular weight excluding hydrogens is 324 g/mol. The van der Waals surface area contributed by atoms with Crippen molar-refractivity contribution in [1.29, 1.82) is 0 Å². The van der Waals surface area contributed by atoms with E-state index in [-0.39, 0.29) is 5.91 Å². The summed E-state index contributed by atoms with van der Waals surface area (Å²) in [5.41, 5.74) is 1.17. The van der Waals surface area contributed by atoms with Crippen LogP contribution in [0.15, 0.2) is 36.5 Å². The molecule has 2 aromatic rings. The Labute approximate surface area is 147 Å². The Balaban J connectivity index is 1.53. The van der Waals surface area contributed by atoms with Gasteiger partial charge in [-0.05, 0) is 25.0 Å². The average molecular weight is 348 g/mol. The number of hydrogen-bond acceptors (Lipinski definition) is 2. The first-order chi connectivity index (χ1) is 11.6. The molecule has 1 aromatic carbocycles. The summed E-state index contributed by atoms with van der Waals surface area (Å²) in [5, 5.41) is 8.13. The number of halogens is 1. The van der Waals surface area contributed by atoms with Crippen LogP contribution in [-0.4, -0.2) is 29.3 Å². The number of quaternary nitrogens is 1. The van der Waals surface area contributed by atoms with Gasteiger partial charge in [-0.15, -0.1) is 0 Å². The molecule has 24 heavy (non-hydrogen) atoms. The molecule has 0 spiro atoms. The van der Waals surface area contributed by atoms with Gasteiger partial charge in [-0.1, -0.05) is 36.6 Å². The van der Waals surface area contributed by atoms with Gasteiger partial charge in [0.15, 0.2) is 6.54 Å². The third kappa shape index (κ3) is 4.36. The number of benzene rings is 1. The molecule has 0 radical (unpaired) electrons. The smallest absolute Gasteiger partial charge is 0.280 e. The Morgan fingerprint density at radius 2 is 2.00 bits per heavy atom. The van der Waals surface area contributed by atoms with Crippen LogP contribution in [0.1, 0.15) is 37.3 Å². The van der Waals surface area contributed by atoms with Crippen LogP contribution in [0.3, 0.4) is 0 Å². The van der Waals surface area contributed by atoms with Crippen molar-refractivity contribution >= 4 is 23.3 Å². The van der Waals surface area contributed by atoms with E-state index < -0.39 is 0 Å². The molecule has 0 bridgehead atoms. The third-order valence-corrected chi connectivity index (χ3v) is 4.74. The van der Waals surface area contributed by atoms with E-state index in [1.165, 1.54) is 18.4 Å².